The molecular formula is C13H22N4OS2. The Morgan fingerprint density at radius 3 is 2.50 bits per heavy atom. The van der Waals surface area contributed by atoms with E-state index < -0.39 is 10.8 Å². The second-order valence-corrected chi connectivity index (χ2v) is 6.58. The van der Waals surface area contributed by atoms with E-state index in [0.29, 0.717) is 28.9 Å². The minimum Gasteiger partial charge on any atom is -0.389 e. The molecule has 1 aromatic rings. The minimum absolute atomic E-state index is 0.325. The molecule has 0 bridgehead atoms. The van der Waals surface area contributed by atoms with Crippen LogP contribution < -0.4 is 11.1 Å². The largest absolute Gasteiger partial charge is 0.389 e. The third kappa shape index (κ3) is 4.21. The van der Waals surface area contributed by atoms with Gasteiger partial charge in [-0.1, -0.05) is 33.0 Å². The second kappa shape index (κ2) is 8.26. The van der Waals surface area contributed by atoms with Crippen LogP contribution in [0.4, 0.5) is 5.82 Å². The van der Waals surface area contributed by atoms with E-state index in [-0.39, 0.29) is 0 Å². The molecule has 1 aromatic heterocycles. The summed E-state index contributed by atoms with van der Waals surface area (Å²) in [5.41, 5.74) is 8.59. The van der Waals surface area contributed by atoms with Gasteiger partial charge in [0, 0.05) is 28.9 Å². The first-order valence-corrected chi connectivity index (χ1v) is 8.71. The normalized spacial score (nSPS) is 12.2. The number of thiocarbonyl (C=S) groups is 1. The molecule has 0 aliphatic rings. The van der Waals surface area contributed by atoms with Crippen LogP contribution in [-0.4, -0.2) is 37.4 Å². The first-order valence-electron chi connectivity index (χ1n) is 6.82. The molecule has 20 heavy (non-hydrogen) atoms. The number of hydrogen-bond donors (Lipinski definition) is 2. The molecular weight excluding hydrogens is 292 g/mol. The fourth-order valence-electron chi connectivity index (χ4n) is 1.99. The van der Waals surface area contributed by atoms with E-state index in [1.165, 1.54) is 0 Å². The van der Waals surface area contributed by atoms with E-state index in [1.807, 2.05) is 20.8 Å². The highest BCUT2D eigenvalue weighted by atomic mass is 32.2. The molecule has 0 amide bonds. The lowest BCUT2D eigenvalue weighted by Gasteiger charge is -2.15. The summed E-state index contributed by atoms with van der Waals surface area (Å²) in [5.74, 6) is 1.83. The topological polar surface area (TPSA) is 80.9 Å². The average molecular weight is 314 g/mol. The van der Waals surface area contributed by atoms with Gasteiger partial charge >= 0.3 is 0 Å². The van der Waals surface area contributed by atoms with Crippen molar-refractivity contribution in [3.8, 4) is 0 Å². The summed E-state index contributed by atoms with van der Waals surface area (Å²) < 4.78 is 11.4. The third-order valence-corrected chi connectivity index (χ3v) is 4.54. The van der Waals surface area contributed by atoms with Crippen LogP contribution in [0.5, 0.6) is 0 Å². The summed E-state index contributed by atoms with van der Waals surface area (Å²) in [6, 6.07) is 0. The van der Waals surface area contributed by atoms with Crippen molar-refractivity contribution in [2.75, 3.05) is 23.4 Å². The van der Waals surface area contributed by atoms with Gasteiger partial charge in [-0.3, -0.25) is 4.21 Å². The standard InChI is InChI=1S/C13H22N4OS2/c1-4-9-10(5-2)16-17-13(11(9)12(14)19)15-7-8-20(18)6-3/h4-8H2,1-3H3,(H2,14,19)(H,15,17). The average Bonchev–Trinajstić information content (AvgIpc) is 2.45. The number of aromatic nitrogens is 2. The zero-order valence-corrected chi connectivity index (χ0v) is 13.9. The van der Waals surface area contributed by atoms with Crippen molar-refractivity contribution in [3.63, 3.8) is 0 Å². The Hall–Kier alpha value is -1.08. The SMILES string of the molecule is CCc1nnc(NCCS(=O)CC)c(C(N)=S)c1CC. The van der Waals surface area contributed by atoms with Crippen LogP contribution in [0.25, 0.3) is 0 Å². The summed E-state index contributed by atoms with van der Waals surface area (Å²) in [6.07, 6.45) is 1.60. The molecule has 1 atom stereocenters. The van der Waals surface area contributed by atoms with Gasteiger partial charge in [-0.05, 0) is 18.4 Å². The Labute approximate surface area is 128 Å². The number of anilines is 1. The molecule has 0 aliphatic carbocycles. The van der Waals surface area contributed by atoms with Crippen molar-refractivity contribution < 1.29 is 4.21 Å². The van der Waals surface area contributed by atoms with E-state index in [0.717, 1.165) is 29.7 Å². The van der Waals surface area contributed by atoms with Gasteiger partial charge in [0.2, 0.25) is 0 Å². The first kappa shape index (κ1) is 17.0. The van der Waals surface area contributed by atoms with Crippen LogP contribution in [-0.2, 0) is 23.6 Å². The number of hydrogen-bond acceptors (Lipinski definition) is 5. The molecule has 0 saturated heterocycles. The van der Waals surface area contributed by atoms with Crippen molar-refractivity contribution in [1.29, 1.82) is 0 Å². The Balaban J connectivity index is 3.01. The van der Waals surface area contributed by atoms with Gasteiger partial charge in [0.15, 0.2) is 5.82 Å². The van der Waals surface area contributed by atoms with Crippen molar-refractivity contribution in [3.05, 3.63) is 16.8 Å². The Kier molecular flexibility index (Phi) is 7.01. The lowest BCUT2D eigenvalue weighted by Crippen LogP contribution is -2.21. The molecule has 5 nitrogen and oxygen atoms in total. The maximum absolute atomic E-state index is 11.4. The minimum atomic E-state index is -0.806. The van der Waals surface area contributed by atoms with E-state index in [1.54, 1.807) is 0 Å². The number of rotatable bonds is 8. The Bertz CT molecular complexity index is 505. The highest BCUT2D eigenvalue weighted by Gasteiger charge is 2.16. The predicted octanol–water partition coefficient (Wildman–Crippen LogP) is 1.42. The molecule has 0 aliphatic heterocycles. The lowest BCUT2D eigenvalue weighted by atomic mass is 10.0. The van der Waals surface area contributed by atoms with Crippen molar-refractivity contribution in [2.45, 2.75) is 33.6 Å². The van der Waals surface area contributed by atoms with Crippen LogP contribution in [0.2, 0.25) is 0 Å². The second-order valence-electron chi connectivity index (χ2n) is 4.28. The molecule has 3 N–H and O–H groups in total. The summed E-state index contributed by atoms with van der Waals surface area (Å²) in [4.78, 5) is 0.325. The van der Waals surface area contributed by atoms with Crippen LogP contribution in [0.3, 0.4) is 0 Å². The van der Waals surface area contributed by atoms with Crippen molar-refractivity contribution >= 4 is 33.8 Å². The van der Waals surface area contributed by atoms with Crippen LogP contribution in [0.1, 0.15) is 37.6 Å². The third-order valence-electron chi connectivity index (χ3n) is 3.04. The fourth-order valence-corrected chi connectivity index (χ4v) is 2.83. The van der Waals surface area contributed by atoms with E-state index in [9.17, 15) is 4.21 Å². The summed E-state index contributed by atoms with van der Waals surface area (Å²) in [6.45, 7) is 6.55. The van der Waals surface area contributed by atoms with Gasteiger partial charge in [-0.2, -0.15) is 5.10 Å². The van der Waals surface area contributed by atoms with Gasteiger partial charge in [0.05, 0.1) is 11.3 Å². The van der Waals surface area contributed by atoms with Crippen molar-refractivity contribution in [2.24, 2.45) is 5.73 Å². The number of nitrogens with two attached hydrogens (primary N) is 1. The van der Waals surface area contributed by atoms with Gasteiger partial charge < -0.3 is 11.1 Å². The molecule has 0 spiro atoms. The highest BCUT2D eigenvalue weighted by Crippen LogP contribution is 2.20. The summed E-state index contributed by atoms with van der Waals surface area (Å²) in [5, 5.41) is 11.6. The highest BCUT2D eigenvalue weighted by molar-refractivity contribution is 7.84. The van der Waals surface area contributed by atoms with Gasteiger partial charge in [0.25, 0.3) is 0 Å². The molecule has 0 aromatic carbocycles. The molecule has 0 fully saturated rings. The number of nitrogens with zero attached hydrogens (tertiary/aromatic N) is 2. The molecule has 112 valence electrons. The first-order chi connectivity index (χ1) is 9.54. The molecule has 1 heterocycles. The Morgan fingerprint density at radius 2 is 2.00 bits per heavy atom. The predicted molar refractivity (Wildman–Crippen MR) is 88.7 cm³/mol. The van der Waals surface area contributed by atoms with E-state index in [2.05, 4.69) is 15.5 Å². The molecule has 0 saturated carbocycles. The van der Waals surface area contributed by atoms with Gasteiger partial charge in [0.1, 0.15) is 4.99 Å². The molecule has 0 radical (unpaired) electrons. The quantitative estimate of drug-likeness (QED) is 0.706. The van der Waals surface area contributed by atoms with Crippen LogP contribution in [0, 0.1) is 0 Å². The molecule has 1 rings (SSSR count). The monoisotopic (exact) mass is 314 g/mol. The Morgan fingerprint density at radius 1 is 1.30 bits per heavy atom. The summed E-state index contributed by atoms with van der Waals surface area (Å²) >= 11 is 5.15. The smallest absolute Gasteiger partial charge is 0.159 e. The van der Waals surface area contributed by atoms with Crippen molar-refractivity contribution in [1.82, 2.24) is 10.2 Å². The molecule has 7 heteroatoms. The lowest BCUT2D eigenvalue weighted by molar-refractivity contribution is 0.684. The van der Waals surface area contributed by atoms with E-state index in [4.69, 9.17) is 18.0 Å². The van der Waals surface area contributed by atoms with E-state index >= 15 is 0 Å². The maximum atomic E-state index is 11.4. The van der Waals surface area contributed by atoms with Gasteiger partial charge in [-0.15, -0.1) is 5.10 Å². The zero-order chi connectivity index (χ0) is 15.1. The number of nitrogens with one attached hydrogen (secondary N) is 1. The molecule has 1 unspecified atom stereocenters. The van der Waals surface area contributed by atoms with Gasteiger partial charge in [-0.25, -0.2) is 0 Å². The van der Waals surface area contributed by atoms with Crippen LogP contribution in [0.15, 0.2) is 0 Å². The maximum Gasteiger partial charge on any atom is 0.159 e. The fraction of sp³-hybridized carbons (Fsp3) is 0.615. The zero-order valence-electron chi connectivity index (χ0n) is 12.2. The number of aryl methyl sites for hydroxylation is 1. The van der Waals surface area contributed by atoms with Crippen LogP contribution >= 0.6 is 12.2 Å². The summed E-state index contributed by atoms with van der Waals surface area (Å²) in [7, 11) is -0.806.